The van der Waals surface area contributed by atoms with Gasteiger partial charge in [0.2, 0.25) is 11.7 Å². The summed E-state index contributed by atoms with van der Waals surface area (Å²) in [6, 6.07) is 18.4. The molecule has 1 aromatic heterocycles. The number of nitrogens with zero attached hydrogens (tertiary/aromatic N) is 1. The standard InChI is InChI=1S/C24H22N2O4/c1-16-22-19(25-26-21(27)15-17-9-4-2-5-10-17)13-8-14-20(22)30-23(16)24(28)29-18-11-6-3-7-12-18/h2-7,9-12H,8,13-15H2,1H3,(H,26,27)/b25-19+. The zero-order valence-corrected chi connectivity index (χ0v) is 16.7. The van der Waals surface area contributed by atoms with E-state index < -0.39 is 5.97 Å². The smallest absolute Gasteiger partial charge is 0.379 e. The Bertz CT molecular complexity index is 1090. The first-order valence-corrected chi connectivity index (χ1v) is 9.91. The van der Waals surface area contributed by atoms with Crippen molar-refractivity contribution in [2.24, 2.45) is 5.10 Å². The summed E-state index contributed by atoms with van der Waals surface area (Å²) in [5.41, 5.74) is 5.75. The molecule has 2 aromatic carbocycles. The van der Waals surface area contributed by atoms with E-state index in [9.17, 15) is 9.59 Å². The summed E-state index contributed by atoms with van der Waals surface area (Å²) in [5.74, 6) is 0.605. The van der Waals surface area contributed by atoms with E-state index >= 15 is 0 Å². The fraction of sp³-hybridized carbons (Fsp3) is 0.208. The maximum Gasteiger partial charge on any atom is 0.379 e. The zero-order chi connectivity index (χ0) is 20.9. The zero-order valence-electron chi connectivity index (χ0n) is 16.7. The number of hydrazone groups is 1. The van der Waals surface area contributed by atoms with Crippen molar-refractivity contribution in [3.8, 4) is 5.75 Å². The lowest BCUT2D eigenvalue weighted by atomic mass is 9.93. The molecule has 6 heteroatoms. The number of carbonyl (C=O) groups is 2. The second-order valence-corrected chi connectivity index (χ2v) is 7.17. The molecule has 3 aromatic rings. The van der Waals surface area contributed by atoms with Crippen LogP contribution in [0.1, 0.15) is 45.8 Å². The van der Waals surface area contributed by atoms with Crippen LogP contribution in [0.15, 0.2) is 70.2 Å². The van der Waals surface area contributed by atoms with Gasteiger partial charge in [-0.25, -0.2) is 10.2 Å². The molecule has 152 valence electrons. The van der Waals surface area contributed by atoms with Crippen LogP contribution in [0.5, 0.6) is 5.75 Å². The van der Waals surface area contributed by atoms with E-state index in [-0.39, 0.29) is 18.1 Å². The number of fused-ring (bicyclic) bond motifs is 1. The lowest BCUT2D eigenvalue weighted by molar-refractivity contribution is -0.120. The molecule has 1 aliphatic carbocycles. The van der Waals surface area contributed by atoms with Crippen LogP contribution in [-0.2, 0) is 17.6 Å². The number of carbonyl (C=O) groups excluding carboxylic acids is 2. The van der Waals surface area contributed by atoms with Crippen molar-refractivity contribution >= 4 is 17.6 Å². The van der Waals surface area contributed by atoms with Crippen molar-refractivity contribution in [1.29, 1.82) is 0 Å². The maximum atomic E-state index is 12.6. The topological polar surface area (TPSA) is 80.9 Å². The van der Waals surface area contributed by atoms with Crippen molar-refractivity contribution < 1.29 is 18.7 Å². The summed E-state index contributed by atoms with van der Waals surface area (Å²) >= 11 is 0. The van der Waals surface area contributed by atoms with Gasteiger partial charge >= 0.3 is 5.97 Å². The Morgan fingerprint density at radius 1 is 1.03 bits per heavy atom. The van der Waals surface area contributed by atoms with E-state index in [2.05, 4.69) is 10.5 Å². The van der Waals surface area contributed by atoms with Crippen molar-refractivity contribution in [1.82, 2.24) is 5.43 Å². The second-order valence-electron chi connectivity index (χ2n) is 7.17. The van der Waals surface area contributed by atoms with Crippen molar-refractivity contribution in [2.75, 3.05) is 0 Å². The second kappa shape index (κ2) is 8.78. The number of esters is 1. The molecular formula is C24H22N2O4. The van der Waals surface area contributed by atoms with Crippen LogP contribution in [0.4, 0.5) is 0 Å². The Hall–Kier alpha value is -3.67. The van der Waals surface area contributed by atoms with E-state index in [0.717, 1.165) is 23.3 Å². The predicted molar refractivity (Wildman–Crippen MR) is 113 cm³/mol. The van der Waals surface area contributed by atoms with Gasteiger partial charge in [0.25, 0.3) is 0 Å². The molecule has 30 heavy (non-hydrogen) atoms. The lowest BCUT2D eigenvalue weighted by Gasteiger charge is -2.13. The van der Waals surface area contributed by atoms with Crippen LogP contribution >= 0.6 is 0 Å². The first kappa shape index (κ1) is 19.6. The summed E-state index contributed by atoms with van der Waals surface area (Å²) in [6.45, 7) is 1.82. The molecule has 0 spiro atoms. The van der Waals surface area contributed by atoms with E-state index in [4.69, 9.17) is 9.15 Å². The van der Waals surface area contributed by atoms with Crippen LogP contribution in [0, 0.1) is 6.92 Å². The fourth-order valence-corrected chi connectivity index (χ4v) is 3.57. The maximum absolute atomic E-state index is 12.6. The van der Waals surface area contributed by atoms with Crippen LogP contribution in [0.3, 0.4) is 0 Å². The molecule has 0 unspecified atom stereocenters. The molecule has 1 aliphatic rings. The van der Waals surface area contributed by atoms with Crippen molar-refractivity contribution in [3.05, 3.63) is 88.9 Å². The minimum absolute atomic E-state index is 0.175. The van der Waals surface area contributed by atoms with E-state index in [0.29, 0.717) is 29.9 Å². The fourth-order valence-electron chi connectivity index (χ4n) is 3.57. The first-order chi connectivity index (χ1) is 14.6. The first-order valence-electron chi connectivity index (χ1n) is 9.91. The number of furan rings is 1. The molecule has 1 amide bonds. The summed E-state index contributed by atoms with van der Waals surface area (Å²) in [5, 5.41) is 4.34. The minimum Gasteiger partial charge on any atom is -0.453 e. The molecule has 0 aliphatic heterocycles. The summed E-state index contributed by atoms with van der Waals surface area (Å²) in [7, 11) is 0. The number of benzene rings is 2. The molecule has 0 atom stereocenters. The van der Waals surface area contributed by atoms with Crippen molar-refractivity contribution in [3.63, 3.8) is 0 Å². The number of rotatable bonds is 5. The Balaban J connectivity index is 1.51. The molecule has 1 N–H and O–H groups in total. The quantitative estimate of drug-likeness (QED) is 0.394. The summed E-state index contributed by atoms with van der Waals surface area (Å²) in [6.07, 6.45) is 2.50. The number of amides is 1. The molecule has 0 saturated carbocycles. The third-order valence-corrected chi connectivity index (χ3v) is 4.99. The molecule has 0 saturated heterocycles. The Morgan fingerprint density at radius 3 is 2.47 bits per heavy atom. The van der Waals surface area contributed by atoms with E-state index in [1.54, 1.807) is 24.3 Å². The van der Waals surface area contributed by atoms with Gasteiger partial charge in [-0.15, -0.1) is 0 Å². The van der Waals surface area contributed by atoms with Crippen molar-refractivity contribution in [2.45, 2.75) is 32.6 Å². The average molecular weight is 402 g/mol. The highest BCUT2D eigenvalue weighted by molar-refractivity contribution is 6.06. The van der Waals surface area contributed by atoms with Gasteiger partial charge in [-0.3, -0.25) is 4.79 Å². The normalized spacial score (nSPS) is 14.2. The molecule has 0 radical (unpaired) electrons. The highest BCUT2D eigenvalue weighted by Gasteiger charge is 2.29. The van der Waals surface area contributed by atoms with E-state index in [1.807, 2.05) is 43.3 Å². The number of hydrogen-bond acceptors (Lipinski definition) is 5. The lowest BCUT2D eigenvalue weighted by Crippen LogP contribution is -2.23. The van der Waals surface area contributed by atoms with Crippen LogP contribution in [0.25, 0.3) is 0 Å². The number of aryl methyl sites for hydroxylation is 1. The monoisotopic (exact) mass is 402 g/mol. The highest BCUT2D eigenvalue weighted by atomic mass is 16.5. The molecule has 1 heterocycles. The van der Waals surface area contributed by atoms with Gasteiger partial charge in [0.1, 0.15) is 11.5 Å². The Labute approximate surface area is 174 Å². The number of hydrogen-bond donors (Lipinski definition) is 1. The molecule has 6 nitrogen and oxygen atoms in total. The van der Waals surface area contributed by atoms with Gasteiger partial charge in [-0.05, 0) is 37.5 Å². The highest BCUT2D eigenvalue weighted by Crippen LogP contribution is 2.30. The minimum atomic E-state index is -0.541. The summed E-state index contributed by atoms with van der Waals surface area (Å²) in [4.78, 5) is 24.9. The largest absolute Gasteiger partial charge is 0.453 e. The molecule has 0 bridgehead atoms. The number of ether oxygens (including phenoxy) is 1. The summed E-state index contributed by atoms with van der Waals surface area (Å²) < 4.78 is 11.3. The van der Waals surface area contributed by atoms with Crippen LogP contribution in [0.2, 0.25) is 0 Å². The van der Waals surface area contributed by atoms with Gasteiger partial charge < -0.3 is 9.15 Å². The number of para-hydroxylation sites is 1. The van der Waals surface area contributed by atoms with Gasteiger partial charge in [0, 0.05) is 17.5 Å². The SMILES string of the molecule is Cc1c(C(=O)Oc2ccccc2)oc2c1/C(=N/NC(=O)Cc1ccccc1)CCC2. The Kier molecular flexibility index (Phi) is 5.75. The van der Waals surface area contributed by atoms with Gasteiger partial charge in [-0.1, -0.05) is 48.5 Å². The van der Waals surface area contributed by atoms with Gasteiger partial charge in [-0.2, -0.15) is 5.10 Å². The van der Waals surface area contributed by atoms with Crippen LogP contribution in [-0.4, -0.2) is 17.6 Å². The number of nitrogens with one attached hydrogen (secondary N) is 1. The van der Waals surface area contributed by atoms with E-state index in [1.165, 1.54) is 0 Å². The van der Waals surface area contributed by atoms with Gasteiger partial charge in [0.05, 0.1) is 12.1 Å². The average Bonchev–Trinajstić information content (AvgIpc) is 3.11. The van der Waals surface area contributed by atoms with Gasteiger partial charge in [0.15, 0.2) is 0 Å². The third kappa shape index (κ3) is 4.33. The molecular weight excluding hydrogens is 380 g/mol. The predicted octanol–water partition coefficient (Wildman–Crippen LogP) is 4.21. The Morgan fingerprint density at radius 2 is 1.73 bits per heavy atom. The molecule has 4 rings (SSSR count). The molecule has 0 fully saturated rings. The van der Waals surface area contributed by atoms with Crippen LogP contribution < -0.4 is 10.2 Å². The third-order valence-electron chi connectivity index (χ3n) is 4.99.